The highest BCUT2D eigenvalue weighted by Gasteiger charge is 2.48. The Balaban J connectivity index is 0.00000371. The molecule has 1 aromatic heterocycles. The van der Waals surface area contributed by atoms with Gasteiger partial charge in [-0.25, -0.2) is 4.79 Å². The summed E-state index contributed by atoms with van der Waals surface area (Å²) in [5, 5.41) is 0. The average Bonchev–Trinajstić information content (AvgIpc) is 3.32. The summed E-state index contributed by atoms with van der Waals surface area (Å²) >= 11 is 0. The maximum atomic E-state index is 12.2. The molecule has 3 N–H and O–H groups in total. The summed E-state index contributed by atoms with van der Waals surface area (Å²) in [5.41, 5.74) is 3.67. The van der Waals surface area contributed by atoms with E-state index in [4.69, 9.17) is 39.9 Å². The summed E-state index contributed by atoms with van der Waals surface area (Å²) in [6.07, 6.45) is 14.4. The van der Waals surface area contributed by atoms with Gasteiger partial charge < -0.3 is 19.9 Å². The molecule has 0 amide bonds. The van der Waals surface area contributed by atoms with Crippen molar-refractivity contribution in [2.75, 3.05) is 25.9 Å². The molecule has 2 unspecified atom stereocenters. The fourth-order valence-electron chi connectivity index (χ4n) is 2.83. The third kappa shape index (κ3) is 10.6. The Kier molecular flexibility index (Phi) is 12.5. The van der Waals surface area contributed by atoms with E-state index in [-0.39, 0.29) is 18.0 Å². The third-order valence-electron chi connectivity index (χ3n) is 4.99. The molecule has 0 aliphatic carbocycles. The molecule has 0 radical (unpaired) electrons. The summed E-state index contributed by atoms with van der Waals surface area (Å²) in [4.78, 5) is 50.8. The first-order chi connectivity index (χ1) is 18.1. The second-order valence-corrected chi connectivity index (χ2v) is 12.0. The van der Waals surface area contributed by atoms with E-state index in [0.29, 0.717) is 12.8 Å². The van der Waals surface area contributed by atoms with E-state index in [1.165, 1.54) is 10.8 Å². The second-order valence-electron chi connectivity index (χ2n) is 10.3. The molecule has 1 aliphatic rings. The van der Waals surface area contributed by atoms with Gasteiger partial charge in [0.05, 0.1) is 22.5 Å². The summed E-state index contributed by atoms with van der Waals surface area (Å²) in [7, 11) is -4.12. The quantitative estimate of drug-likeness (QED) is 0.183. The lowest BCUT2D eigenvalue weighted by Gasteiger charge is -2.20. The van der Waals surface area contributed by atoms with E-state index in [1.807, 2.05) is 0 Å². The van der Waals surface area contributed by atoms with Gasteiger partial charge in [-0.15, -0.1) is 28.3 Å². The Morgan fingerprint density at radius 3 is 2.08 bits per heavy atom. The van der Waals surface area contributed by atoms with E-state index in [2.05, 4.69) is 23.8 Å². The molecule has 1 fully saturated rings. The number of hydrogen-bond donors (Lipinski definition) is 2. The normalized spacial score (nSPS) is 17.4. The van der Waals surface area contributed by atoms with E-state index in [1.54, 1.807) is 41.5 Å². The zero-order chi connectivity index (χ0) is 30.0. The van der Waals surface area contributed by atoms with Gasteiger partial charge in [0.2, 0.25) is 13.6 Å². The van der Waals surface area contributed by atoms with Crippen molar-refractivity contribution in [3.63, 3.8) is 0 Å². The van der Waals surface area contributed by atoms with E-state index < -0.39 is 62.5 Å². The predicted molar refractivity (Wildman–Crippen MR) is 142 cm³/mol. The predicted octanol–water partition coefficient (Wildman–Crippen LogP) is 2.55. The lowest BCUT2D eigenvalue weighted by atomic mass is 9.98. The molecule has 2 heterocycles. The van der Waals surface area contributed by atoms with Crippen molar-refractivity contribution in [3.05, 3.63) is 22.2 Å². The molecular formula is C25H37N3O10P+. The summed E-state index contributed by atoms with van der Waals surface area (Å²) in [6, 6.07) is 0. The number of anilines is 1. The lowest BCUT2D eigenvalue weighted by Crippen LogP contribution is -2.29. The Hall–Kier alpha value is -3.03. The number of carbonyl (C=O) groups is 2. The van der Waals surface area contributed by atoms with Gasteiger partial charge >= 0.3 is 25.8 Å². The lowest BCUT2D eigenvalue weighted by molar-refractivity contribution is -0.165. The second kappa shape index (κ2) is 14.4. The first kappa shape index (κ1) is 34.0. The van der Waals surface area contributed by atoms with E-state index in [9.17, 15) is 19.3 Å². The summed E-state index contributed by atoms with van der Waals surface area (Å²) < 4.78 is 33.0. The number of nitrogen functional groups attached to an aromatic ring is 1. The average molecular weight is 571 g/mol. The number of esters is 2. The molecule has 13 nitrogen and oxygen atoms in total. The first-order valence-corrected chi connectivity index (χ1v) is 13.3. The molecule has 1 aromatic rings. The Morgan fingerprint density at radius 1 is 1.10 bits per heavy atom. The summed E-state index contributed by atoms with van der Waals surface area (Å²) in [5.74, 6) is 1.15. The monoisotopic (exact) mass is 570 g/mol. The Morgan fingerprint density at radius 2 is 1.62 bits per heavy atom. The van der Waals surface area contributed by atoms with Gasteiger partial charge in [-0.2, -0.15) is 14.4 Å². The smallest absolute Gasteiger partial charge is 0.433 e. The van der Waals surface area contributed by atoms with Crippen molar-refractivity contribution >= 4 is 25.9 Å². The van der Waals surface area contributed by atoms with Crippen LogP contribution in [-0.4, -0.2) is 52.7 Å². The zero-order valence-electron chi connectivity index (χ0n) is 23.0. The molecule has 1 saturated heterocycles. The fraction of sp³-hybridized carbons (Fsp3) is 0.600. The van der Waals surface area contributed by atoms with Crippen LogP contribution in [0.25, 0.3) is 0 Å². The molecule has 1 aliphatic heterocycles. The third-order valence-corrected chi connectivity index (χ3v) is 6.33. The minimum atomic E-state index is -4.12. The molecule has 216 valence electrons. The number of carbonyl (C=O) groups excluding carboxylic acids is 2. The van der Waals surface area contributed by atoms with Crippen LogP contribution in [-0.2, 0) is 37.4 Å². The van der Waals surface area contributed by atoms with Crippen molar-refractivity contribution in [1.82, 2.24) is 9.55 Å². The maximum absolute atomic E-state index is 12.2. The van der Waals surface area contributed by atoms with E-state index >= 15 is 0 Å². The van der Waals surface area contributed by atoms with Crippen LogP contribution in [0.4, 0.5) is 5.82 Å². The Labute approximate surface area is 228 Å². The van der Waals surface area contributed by atoms with Crippen molar-refractivity contribution < 1.29 is 42.3 Å². The molecule has 0 spiro atoms. The van der Waals surface area contributed by atoms with Crippen molar-refractivity contribution in [3.8, 4) is 25.2 Å². The molecule has 2 rings (SSSR count). The van der Waals surface area contributed by atoms with Gasteiger partial charge in [-0.05, 0) is 54.4 Å². The molecule has 0 bridgehead atoms. The number of hydrogen-bond acceptors (Lipinski definition) is 12. The highest BCUT2D eigenvalue weighted by Crippen LogP contribution is 2.58. The van der Waals surface area contributed by atoms with Crippen LogP contribution in [0.2, 0.25) is 0 Å². The SMILES string of the molecule is C#C.C#Cc1cn(C2CCC(CO[P+](O)(OCOC(=O)C(C)(C)C)OCOC(=O)C(C)(C)C)O2)c(=O)nc1N. The molecule has 14 heteroatoms. The molecule has 0 aromatic carbocycles. The van der Waals surface area contributed by atoms with Crippen molar-refractivity contribution in [2.24, 2.45) is 10.8 Å². The fourth-order valence-corrected chi connectivity index (χ4v) is 3.78. The van der Waals surface area contributed by atoms with Crippen LogP contribution >= 0.6 is 8.17 Å². The van der Waals surface area contributed by atoms with Gasteiger partial charge in [0, 0.05) is 6.20 Å². The van der Waals surface area contributed by atoms with Gasteiger partial charge in [0.1, 0.15) is 18.7 Å². The topological polar surface area (TPSA) is 171 Å². The number of nitrogens with two attached hydrogens (primary N) is 1. The van der Waals surface area contributed by atoms with Crippen LogP contribution < -0.4 is 11.4 Å². The van der Waals surface area contributed by atoms with Crippen molar-refractivity contribution in [2.45, 2.75) is 66.7 Å². The maximum Gasteiger partial charge on any atom is 0.579 e. The van der Waals surface area contributed by atoms with Crippen LogP contribution in [0.1, 0.15) is 66.2 Å². The Bertz CT molecular complexity index is 1080. The zero-order valence-corrected chi connectivity index (χ0v) is 23.9. The van der Waals surface area contributed by atoms with Gasteiger partial charge in [-0.3, -0.25) is 14.2 Å². The number of terminal acetylenes is 2. The molecule has 39 heavy (non-hydrogen) atoms. The number of ether oxygens (including phenoxy) is 3. The molecule has 0 saturated carbocycles. The highest BCUT2D eigenvalue weighted by atomic mass is 31.2. The standard InChI is InChI=1S/C23H34N3O10P.C2H2/c1-8-15-11-26(21(29)25-18(15)24)17-10-9-16(36-17)12-33-37(30,34-13-31-19(27)22(2,3)4)35-14-32-20(28)23(5,6)7;1-2/h1,11,16-17,30H,9-10,12-14H2,2-7H3,(H-,24,25,29);1-2H/p+1. The van der Waals surface area contributed by atoms with Crippen LogP contribution in [0.15, 0.2) is 11.0 Å². The minimum Gasteiger partial charge on any atom is -0.433 e. The van der Waals surface area contributed by atoms with Crippen molar-refractivity contribution in [1.29, 1.82) is 0 Å². The van der Waals surface area contributed by atoms with Crippen LogP contribution in [0, 0.1) is 36.0 Å². The van der Waals surface area contributed by atoms with Gasteiger partial charge in [0.15, 0.2) is 0 Å². The summed E-state index contributed by atoms with van der Waals surface area (Å²) in [6.45, 7) is 8.37. The largest absolute Gasteiger partial charge is 0.579 e. The van der Waals surface area contributed by atoms with Gasteiger partial charge in [0.25, 0.3) is 0 Å². The molecular weight excluding hydrogens is 533 g/mol. The van der Waals surface area contributed by atoms with Crippen LogP contribution in [0.5, 0.6) is 0 Å². The molecule has 2 atom stereocenters. The minimum absolute atomic E-state index is 0.0508. The number of rotatable bonds is 10. The highest BCUT2D eigenvalue weighted by molar-refractivity contribution is 7.55. The number of aromatic nitrogens is 2. The number of nitrogens with zero attached hydrogens (tertiary/aromatic N) is 2. The van der Waals surface area contributed by atoms with E-state index in [0.717, 1.165) is 0 Å². The van der Waals surface area contributed by atoms with Crippen LogP contribution in [0.3, 0.4) is 0 Å². The first-order valence-electron chi connectivity index (χ1n) is 11.8. The van der Waals surface area contributed by atoms with Gasteiger partial charge in [-0.1, -0.05) is 5.92 Å².